The summed E-state index contributed by atoms with van der Waals surface area (Å²) in [5, 5.41) is 1.37. The summed E-state index contributed by atoms with van der Waals surface area (Å²) in [6.45, 7) is 3.73. The van der Waals surface area contributed by atoms with Crippen LogP contribution in [0, 0.1) is 5.82 Å². The van der Waals surface area contributed by atoms with Gasteiger partial charge in [-0.1, -0.05) is 36.7 Å². The normalized spacial score (nSPS) is 16.2. The second-order valence-corrected chi connectivity index (χ2v) is 7.20. The highest BCUT2D eigenvalue weighted by Crippen LogP contribution is 2.37. The maximum Gasteiger partial charge on any atom is 0.336 e. The van der Waals surface area contributed by atoms with Crippen LogP contribution >= 0.6 is 11.6 Å². The number of nitrogens with one attached hydrogen (secondary N) is 1. The van der Waals surface area contributed by atoms with Crippen LogP contribution in [0.5, 0.6) is 5.75 Å². The molecule has 140 valence electrons. The minimum Gasteiger partial charge on any atom is -0.443 e. The molecule has 0 fully saturated rings. The number of quaternary nitrogens is 1. The summed E-state index contributed by atoms with van der Waals surface area (Å²) in [4.78, 5) is 13.1. The largest absolute Gasteiger partial charge is 0.443 e. The van der Waals surface area contributed by atoms with E-state index in [0.29, 0.717) is 54.6 Å². The number of fused-ring (bicyclic) bond motifs is 3. The van der Waals surface area contributed by atoms with Crippen molar-refractivity contribution < 1.29 is 18.4 Å². The molecule has 1 aliphatic rings. The monoisotopic (exact) mass is 388 g/mol. The number of rotatable bonds is 4. The van der Waals surface area contributed by atoms with Gasteiger partial charge in [0.1, 0.15) is 12.4 Å². The molecule has 1 N–H and O–H groups in total. The molecule has 1 atom stereocenters. The highest BCUT2D eigenvalue weighted by molar-refractivity contribution is 6.33. The highest BCUT2D eigenvalue weighted by atomic mass is 35.5. The van der Waals surface area contributed by atoms with Crippen molar-refractivity contribution in [1.29, 1.82) is 0 Å². The van der Waals surface area contributed by atoms with Gasteiger partial charge >= 0.3 is 5.63 Å². The first kappa shape index (κ1) is 18.0. The van der Waals surface area contributed by atoms with Crippen LogP contribution in [0.25, 0.3) is 11.0 Å². The van der Waals surface area contributed by atoms with Gasteiger partial charge in [0.15, 0.2) is 11.3 Å². The molecule has 0 bridgehead atoms. The van der Waals surface area contributed by atoms with E-state index in [1.807, 2.05) is 19.1 Å². The van der Waals surface area contributed by atoms with E-state index in [1.165, 1.54) is 12.1 Å². The van der Waals surface area contributed by atoms with Gasteiger partial charge in [-0.05, 0) is 29.7 Å². The number of ether oxygens (including phenoxy) is 1. The zero-order valence-electron chi connectivity index (χ0n) is 15.0. The van der Waals surface area contributed by atoms with E-state index >= 15 is 0 Å². The average molecular weight is 389 g/mol. The van der Waals surface area contributed by atoms with E-state index in [9.17, 15) is 9.18 Å². The molecule has 0 aliphatic carbocycles. The van der Waals surface area contributed by atoms with Crippen LogP contribution in [0.4, 0.5) is 4.39 Å². The van der Waals surface area contributed by atoms with Crippen LogP contribution in [0.1, 0.15) is 23.6 Å². The van der Waals surface area contributed by atoms with Crippen LogP contribution in [-0.4, -0.2) is 13.3 Å². The summed E-state index contributed by atoms with van der Waals surface area (Å²) in [6, 6.07) is 10.1. The van der Waals surface area contributed by atoms with E-state index in [0.717, 1.165) is 21.4 Å². The van der Waals surface area contributed by atoms with Crippen LogP contribution in [-0.2, 0) is 19.4 Å². The molecule has 6 heteroatoms. The SMILES string of the molecule is CCc1cc(=O)oc2c3c(c(Cl)cc12)OC[NH+](CCc1ccccc1F)C3. The molecule has 1 aromatic heterocycles. The molecular weight excluding hydrogens is 369 g/mol. The van der Waals surface area contributed by atoms with E-state index in [1.54, 1.807) is 12.1 Å². The fraction of sp³-hybridized carbons (Fsp3) is 0.286. The molecule has 3 aromatic rings. The fourth-order valence-electron chi connectivity index (χ4n) is 3.63. The number of aryl methyl sites for hydroxylation is 1. The van der Waals surface area contributed by atoms with Gasteiger partial charge in [0, 0.05) is 17.9 Å². The molecule has 4 rings (SSSR count). The smallest absolute Gasteiger partial charge is 0.336 e. The standard InChI is InChI=1S/C21H19ClFNO3/c1-2-13-9-19(25)27-20-15(13)10-17(22)21-16(20)11-24(12-26-21)8-7-14-5-3-4-6-18(14)23/h3-6,9-10H,2,7-8,11-12H2,1H3/p+1. The number of halogens is 2. The second-order valence-electron chi connectivity index (χ2n) is 6.79. The molecular formula is C21H20ClFNO3+. The van der Waals surface area contributed by atoms with Gasteiger partial charge in [0.05, 0.1) is 17.1 Å². The molecule has 0 radical (unpaired) electrons. The predicted octanol–water partition coefficient (Wildman–Crippen LogP) is 3.13. The number of benzene rings is 2. The fourth-order valence-corrected chi connectivity index (χ4v) is 3.91. The Labute approximate surface area is 161 Å². The number of hydrogen-bond acceptors (Lipinski definition) is 3. The van der Waals surface area contributed by atoms with E-state index in [4.69, 9.17) is 20.8 Å². The van der Waals surface area contributed by atoms with Crippen molar-refractivity contribution in [2.24, 2.45) is 0 Å². The summed E-state index contributed by atoms with van der Waals surface area (Å²) < 4.78 is 25.3. The summed E-state index contributed by atoms with van der Waals surface area (Å²) in [6.07, 6.45) is 1.31. The van der Waals surface area contributed by atoms with Gasteiger partial charge in [-0.15, -0.1) is 0 Å². The summed E-state index contributed by atoms with van der Waals surface area (Å²) >= 11 is 6.43. The lowest BCUT2D eigenvalue weighted by atomic mass is 10.0. The van der Waals surface area contributed by atoms with Gasteiger partial charge in [0.25, 0.3) is 0 Å². The van der Waals surface area contributed by atoms with Crippen molar-refractivity contribution >= 4 is 22.6 Å². The van der Waals surface area contributed by atoms with Gasteiger partial charge in [-0.25, -0.2) is 9.18 Å². The molecule has 2 aromatic carbocycles. The molecule has 0 saturated heterocycles. The Morgan fingerprint density at radius 2 is 2.04 bits per heavy atom. The van der Waals surface area contributed by atoms with Gasteiger partial charge in [-0.3, -0.25) is 4.90 Å². The molecule has 4 nitrogen and oxygen atoms in total. The minimum atomic E-state index is -0.373. The lowest BCUT2D eigenvalue weighted by Crippen LogP contribution is -3.12. The predicted molar refractivity (Wildman–Crippen MR) is 102 cm³/mol. The first-order chi connectivity index (χ1) is 13.1. The first-order valence-corrected chi connectivity index (χ1v) is 9.42. The van der Waals surface area contributed by atoms with Gasteiger partial charge < -0.3 is 9.15 Å². The summed E-state index contributed by atoms with van der Waals surface area (Å²) in [5.74, 6) is 0.387. The third-order valence-electron chi connectivity index (χ3n) is 5.06. The van der Waals surface area contributed by atoms with Crippen molar-refractivity contribution in [3.05, 3.63) is 74.3 Å². The highest BCUT2D eigenvalue weighted by Gasteiger charge is 2.27. The van der Waals surface area contributed by atoms with Crippen molar-refractivity contribution in [2.45, 2.75) is 26.3 Å². The Bertz CT molecular complexity index is 1060. The van der Waals surface area contributed by atoms with Crippen LogP contribution in [0.2, 0.25) is 5.02 Å². The van der Waals surface area contributed by atoms with Crippen molar-refractivity contribution in [3.63, 3.8) is 0 Å². The van der Waals surface area contributed by atoms with Gasteiger partial charge in [-0.2, -0.15) is 0 Å². The lowest BCUT2D eigenvalue weighted by Gasteiger charge is -2.27. The Balaban J connectivity index is 1.67. The average Bonchev–Trinajstić information content (AvgIpc) is 2.67. The second kappa shape index (κ2) is 7.33. The lowest BCUT2D eigenvalue weighted by molar-refractivity contribution is -0.932. The van der Waals surface area contributed by atoms with E-state index in [2.05, 4.69) is 0 Å². The van der Waals surface area contributed by atoms with E-state index in [-0.39, 0.29) is 11.4 Å². The maximum absolute atomic E-state index is 13.9. The van der Waals surface area contributed by atoms with Gasteiger partial charge in [0.2, 0.25) is 6.73 Å². The Kier molecular flexibility index (Phi) is 4.89. The molecule has 2 heterocycles. The van der Waals surface area contributed by atoms with Crippen LogP contribution in [0.3, 0.4) is 0 Å². The first-order valence-electron chi connectivity index (χ1n) is 9.04. The molecule has 1 aliphatic heterocycles. The van der Waals surface area contributed by atoms with Crippen LogP contribution in [0.15, 0.2) is 45.6 Å². The Hall–Kier alpha value is -2.37. The van der Waals surface area contributed by atoms with Crippen molar-refractivity contribution in [2.75, 3.05) is 13.3 Å². The topological polar surface area (TPSA) is 43.9 Å². The Morgan fingerprint density at radius 3 is 2.81 bits per heavy atom. The van der Waals surface area contributed by atoms with Crippen LogP contribution < -0.4 is 15.3 Å². The summed E-state index contributed by atoms with van der Waals surface area (Å²) in [7, 11) is 0. The third-order valence-corrected chi connectivity index (χ3v) is 5.34. The molecule has 0 saturated carbocycles. The zero-order chi connectivity index (χ0) is 19.0. The molecule has 0 amide bonds. The maximum atomic E-state index is 13.9. The summed E-state index contributed by atoms with van der Waals surface area (Å²) in [5.41, 5.74) is 2.57. The molecule has 0 spiro atoms. The van der Waals surface area contributed by atoms with Crippen molar-refractivity contribution in [3.8, 4) is 5.75 Å². The number of hydrogen-bond donors (Lipinski definition) is 1. The third kappa shape index (κ3) is 3.45. The van der Waals surface area contributed by atoms with Crippen molar-refractivity contribution in [1.82, 2.24) is 0 Å². The molecule has 1 unspecified atom stereocenters. The molecule has 27 heavy (non-hydrogen) atoms. The Morgan fingerprint density at radius 1 is 1.22 bits per heavy atom. The quantitative estimate of drug-likeness (QED) is 0.698. The zero-order valence-corrected chi connectivity index (χ0v) is 15.7. The van der Waals surface area contributed by atoms with E-state index < -0.39 is 0 Å². The minimum absolute atomic E-state index is 0.192.